The Kier molecular flexibility index (Phi) is 9.10. The van der Waals surface area contributed by atoms with Gasteiger partial charge in [0.15, 0.2) is 0 Å². The van der Waals surface area contributed by atoms with Gasteiger partial charge in [0.25, 0.3) is 5.91 Å². The topological polar surface area (TPSA) is 82.7 Å². The molecular formula is C40H37Cl2N5O3. The van der Waals surface area contributed by atoms with Gasteiger partial charge in [-0.15, -0.1) is 0 Å². The lowest BCUT2D eigenvalue weighted by molar-refractivity contribution is 0.0320. The Hall–Kier alpha value is -4.60. The molecule has 5 aromatic rings. The number of morpholine rings is 1. The van der Waals surface area contributed by atoms with E-state index in [9.17, 15) is 4.79 Å². The number of halogens is 2. The van der Waals surface area contributed by atoms with E-state index in [0.717, 1.165) is 78.1 Å². The average molecular weight is 707 g/mol. The fourth-order valence-electron chi connectivity index (χ4n) is 7.43. The predicted octanol–water partition coefficient (Wildman–Crippen LogP) is 8.66. The summed E-state index contributed by atoms with van der Waals surface area (Å²) in [4.78, 5) is 27.2. The molecule has 1 fully saturated rings. The van der Waals surface area contributed by atoms with E-state index in [1.165, 1.54) is 5.57 Å². The largest absolute Gasteiger partial charge is 0.475 e. The number of nitrogens with one attached hydrogen (secondary N) is 2. The molecule has 8 rings (SSSR count). The van der Waals surface area contributed by atoms with E-state index in [2.05, 4.69) is 80.7 Å². The molecule has 3 aromatic carbocycles. The molecule has 10 heteroatoms. The standard InChI is InChI=1S/C40H37Cl2N5O3/c1-25-7-6-16-47-37(27-11-13-28(41)14-12-27)30-23-29(42)24-32-34(30)35(38(47)33(25)26-8-3-2-4-9-26)36(44-32)39(48)45-31-10-5-15-43-40(31)50-22-19-46-17-20-49-21-18-46/h2-6,8-16,23-25,37,44H,7,17-22H2,1H3,(H,45,48). The number of H-pyrrole nitrogens is 1. The number of aromatic nitrogens is 2. The number of anilines is 1. The molecule has 1 amide bonds. The molecule has 5 heterocycles. The first-order valence-electron chi connectivity index (χ1n) is 17.0. The van der Waals surface area contributed by atoms with Crippen molar-refractivity contribution < 1.29 is 14.3 Å². The Labute approximate surface area is 301 Å². The first kappa shape index (κ1) is 32.6. The van der Waals surface area contributed by atoms with Gasteiger partial charge in [-0.1, -0.05) is 78.7 Å². The SMILES string of the molecule is CC1CC=CN2C(=C1c1ccccc1)c1c(C(=O)Nc3cccnc3OCCN3CCOCC3)[nH]c3cc(Cl)cc(c13)C2c1ccc(Cl)cc1. The molecule has 3 aliphatic rings. The van der Waals surface area contributed by atoms with Gasteiger partial charge in [-0.3, -0.25) is 9.69 Å². The Bertz CT molecular complexity index is 2110. The van der Waals surface area contributed by atoms with Gasteiger partial charge < -0.3 is 24.7 Å². The highest BCUT2D eigenvalue weighted by Crippen LogP contribution is 2.52. The lowest BCUT2D eigenvalue weighted by Crippen LogP contribution is -2.38. The molecule has 8 nitrogen and oxygen atoms in total. The summed E-state index contributed by atoms with van der Waals surface area (Å²) in [6.07, 6.45) is 6.89. The summed E-state index contributed by atoms with van der Waals surface area (Å²) < 4.78 is 11.6. The second-order valence-corrected chi connectivity index (χ2v) is 13.8. The van der Waals surface area contributed by atoms with E-state index in [0.29, 0.717) is 33.9 Å². The van der Waals surface area contributed by atoms with Crippen LogP contribution in [0.3, 0.4) is 0 Å². The number of rotatable bonds is 8. The molecule has 1 saturated heterocycles. The Morgan fingerprint density at radius 2 is 1.82 bits per heavy atom. The van der Waals surface area contributed by atoms with E-state index >= 15 is 0 Å². The van der Waals surface area contributed by atoms with Crippen LogP contribution in [0.5, 0.6) is 5.88 Å². The number of fused-ring (bicyclic) bond motifs is 2. The maximum absolute atomic E-state index is 14.6. The Balaban J connectivity index is 1.27. The van der Waals surface area contributed by atoms with Crippen molar-refractivity contribution in [2.45, 2.75) is 19.4 Å². The summed E-state index contributed by atoms with van der Waals surface area (Å²) in [5.74, 6) is 0.247. The molecule has 50 heavy (non-hydrogen) atoms. The molecule has 2 unspecified atom stereocenters. The minimum Gasteiger partial charge on any atom is -0.475 e. The molecule has 0 saturated carbocycles. The highest BCUT2D eigenvalue weighted by atomic mass is 35.5. The number of benzene rings is 3. The fourth-order valence-corrected chi connectivity index (χ4v) is 7.78. The number of hydrogen-bond donors (Lipinski definition) is 2. The molecule has 254 valence electrons. The number of amides is 1. The van der Waals surface area contributed by atoms with Crippen LogP contribution < -0.4 is 10.1 Å². The zero-order chi connectivity index (χ0) is 34.2. The van der Waals surface area contributed by atoms with E-state index in [4.69, 9.17) is 32.7 Å². The van der Waals surface area contributed by atoms with Crippen LogP contribution in [-0.4, -0.2) is 65.1 Å². The van der Waals surface area contributed by atoms with Gasteiger partial charge in [0.2, 0.25) is 5.88 Å². The normalized spacial score (nSPS) is 19.0. The number of nitrogens with zero attached hydrogens (tertiary/aromatic N) is 3. The van der Waals surface area contributed by atoms with E-state index in [1.807, 2.05) is 36.4 Å². The van der Waals surface area contributed by atoms with Gasteiger partial charge in [-0.25, -0.2) is 4.98 Å². The zero-order valence-electron chi connectivity index (χ0n) is 27.7. The van der Waals surface area contributed by atoms with E-state index in [1.54, 1.807) is 12.3 Å². The lowest BCUT2D eigenvalue weighted by atomic mass is 9.82. The molecule has 0 radical (unpaired) electrons. The molecule has 2 aromatic heterocycles. The lowest BCUT2D eigenvalue weighted by Gasteiger charge is -2.39. The van der Waals surface area contributed by atoms with Crippen molar-refractivity contribution in [1.82, 2.24) is 19.8 Å². The molecule has 2 N–H and O–H groups in total. The Morgan fingerprint density at radius 1 is 1.02 bits per heavy atom. The van der Waals surface area contributed by atoms with Gasteiger partial charge in [0, 0.05) is 58.5 Å². The van der Waals surface area contributed by atoms with Gasteiger partial charge >= 0.3 is 0 Å². The van der Waals surface area contributed by atoms with Crippen molar-refractivity contribution in [3.8, 4) is 5.88 Å². The number of carbonyl (C=O) groups is 1. The summed E-state index contributed by atoms with van der Waals surface area (Å²) >= 11 is 13.2. The predicted molar refractivity (Wildman–Crippen MR) is 200 cm³/mol. The van der Waals surface area contributed by atoms with Gasteiger partial charge in [0.05, 0.1) is 25.0 Å². The van der Waals surface area contributed by atoms with Crippen LogP contribution in [0.1, 0.15) is 52.1 Å². The minimum atomic E-state index is -0.296. The molecular weight excluding hydrogens is 669 g/mol. The van der Waals surface area contributed by atoms with Crippen LogP contribution in [0.4, 0.5) is 5.69 Å². The van der Waals surface area contributed by atoms with Crippen LogP contribution in [0.2, 0.25) is 10.0 Å². The quantitative estimate of drug-likeness (QED) is 0.168. The number of aromatic amines is 1. The monoisotopic (exact) mass is 705 g/mol. The summed E-state index contributed by atoms with van der Waals surface area (Å²) in [7, 11) is 0. The second-order valence-electron chi connectivity index (χ2n) is 12.9. The number of ether oxygens (including phenoxy) is 2. The maximum atomic E-state index is 14.6. The van der Waals surface area contributed by atoms with Crippen molar-refractivity contribution in [1.29, 1.82) is 0 Å². The number of pyridine rings is 1. The third-order valence-corrected chi connectivity index (χ3v) is 10.2. The van der Waals surface area contributed by atoms with Gasteiger partial charge in [0.1, 0.15) is 18.0 Å². The van der Waals surface area contributed by atoms with Gasteiger partial charge in [-0.05, 0) is 71.0 Å². The fraction of sp³-hybridized carbons (Fsp3) is 0.250. The van der Waals surface area contributed by atoms with Crippen LogP contribution in [0.15, 0.2) is 97.3 Å². The van der Waals surface area contributed by atoms with Gasteiger partial charge in [-0.2, -0.15) is 0 Å². The third kappa shape index (κ3) is 6.18. The van der Waals surface area contributed by atoms with Crippen molar-refractivity contribution >= 4 is 57.0 Å². The van der Waals surface area contributed by atoms with E-state index in [-0.39, 0.29) is 17.9 Å². The second kappa shape index (κ2) is 14.0. The van der Waals surface area contributed by atoms with Crippen molar-refractivity contribution in [2.24, 2.45) is 5.92 Å². The third-order valence-electron chi connectivity index (χ3n) is 9.73. The first-order valence-corrected chi connectivity index (χ1v) is 17.8. The summed E-state index contributed by atoms with van der Waals surface area (Å²) in [6, 6.07) is 25.7. The van der Waals surface area contributed by atoms with Crippen LogP contribution in [-0.2, 0) is 4.74 Å². The number of allylic oxidation sites excluding steroid dienone is 2. The van der Waals surface area contributed by atoms with Crippen molar-refractivity contribution in [3.05, 3.63) is 135 Å². The summed E-state index contributed by atoms with van der Waals surface area (Å²) in [5.41, 5.74) is 7.90. The van der Waals surface area contributed by atoms with Crippen LogP contribution in [0.25, 0.3) is 22.2 Å². The summed E-state index contributed by atoms with van der Waals surface area (Å²) in [6.45, 7) is 6.62. The van der Waals surface area contributed by atoms with Crippen molar-refractivity contribution in [3.63, 3.8) is 0 Å². The van der Waals surface area contributed by atoms with Crippen LogP contribution >= 0.6 is 23.2 Å². The Morgan fingerprint density at radius 3 is 2.62 bits per heavy atom. The highest BCUT2D eigenvalue weighted by Gasteiger charge is 2.39. The maximum Gasteiger partial charge on any atom is 0.272 e. The average Bonchev–Trinajstić information content (AvgIpc) is 3.42. The zero-order valence-corrected chi connectivity index (χ0v) is 29.2. The number of hydrogen-bond acceptors (Lipinski definition) is 6. The molecule has 0 spiro atoms. The highest BCUT2D eigenvalue weighted by molar-refractivity contribution is 6.32. The van der Waals surface area contributed by atoms with E-state index < -0.39 is 0 Å². The minimum absolute atomic E-state index is 0.166. The number of carbonyl (C=O) groups excluding carboxylic acids is 1. The molecule has 2 atom stereocenters. The molecule has 0 bridgehead atoms. The smallest absolute Gasteiger partial charge is 0.272 e. The molecule has 3 aliphatic heterocycles. The summed E-state index contributed by atoms with van der Waals surface area (Å²) in [5, 5.41) is 5.35. The molecule has 0 aliphatic carbocycles. The van der Waals surface area contributed by atoms with Crippen LogP contribution in [0, 0.1) is 5.92 Å². The first-order chi connectivity index (χ1) is 24.5. The van der Waals surface area contributed by atoms with Crippen molar-refractivity contribution in [2.75, 3.05) is 44.8 Å².